The van der Waals surface area contributed by atoms with Crippen molar-refractivity contribution in [3.8, 4) is 0 Å². The summed E-state index contributed by atoms with van der Waals surface area (Å²) in [7, 11) is 2.22. The number of nitrogens with zero attached hydrogens (tertiary/aromatic N) is 1. The zero-order valence-electron chi connectivity index (χ0n) is 10.2. The highest BCUT2D eigenvalue weighted by Gasteiger charge is 2.39. The zero-order chi connectivity index (χ0) is 11.2. The van der Waals surface area contributed by atoms with Crippen LogP contribution in [0.3, 0.4) is 0 Å². The minimum absolute atomic E-state index is 0.543. The molecule has 1 heterocycles. The number of rotatable bonds is 0. The Balaban J connectivity index is 1.95. The molecule has 0 unspecified atom stereocenters. The molecule has 2 aliphatic rings. The summed E-state index contributed by atoms with van der Waals surface area (Å²) in [5.74, 6) is 0. The van der Waals surface area contributed by atoms with Crippen molar-refractivity contribution in [3.05, 3.63) is 23.8 Å². The molecule has 0 aromatic heterocycles. The van der Waals surface area contributed by atoms with Gasteiger partial charge in [0.2, 0.25) is 0 Å². The van der Waals surface area contributed by atoms with Crippen molar-refractivity contribution >= 4 is 11.4 Å². The molecule has 0 atom stereocenters. The molecule has 86 valence electrons. The van der Waals surface area contributed by atoms with Crippen LogP contribution in [0.4, 0.5) is 11.4 Å². The Morgan fingerprint density at radius 3 is 2.81 bits per heavy atom. The van der Waals surface area contributed by atoms with Gasteiger partial charge in [0.25, 0.3) is 0 Å². The Labute approximate surface area is 97.6 Å². The predicted octanol–water partition coefficient (Wildman–Crippen LogP) is 3.03. The summed E-state index contributed by atoms with van der Waals surface area (Å²) < 4.78 is 0. The quantitative estimate of drug-likeness (QED) is 0.717. The first kappa shape index (κ1) is 10.0. The number of nitrogens with one attached hydrogen (secondary N) is 1. The first-order valence-corrected chi connectivity index (χ1v) is 6.24. The maximum atomic E-state index is 3.65. The van der Waals surface area contributed by atoms with Gasteiger partial charge in [0.15, 0.2) is 0 Å². The van der Waals surface area contributed by atoms with Crippen LogP contribution in [0.25, 0.3) is 0 Å². The van der Waals surface area contributed by atoms with Gasteiger partial charge in [-0.15, -0.1) is 0 Å². The molecule has 1 spiro atoms. The van der Waals surface area contributed by atoms with Crippen LogP contribution in [0.15, 0.2) is 18.2 Å². The lowest BCUT2D eigenvalue weighted by atomic mass is 9.68. The molecule has 1 fully saturated rings. The van der Waals surface area contributed by atoms with E-state index in [4.69, 9.17) is 0 Å². The maximum absolute atomic E-state index is 3.65. The number of anilines is 2. The number of benzene rings is 1. The highest BCUT2D eigenvalue weighted by Crippen LogP contribution is 2.45. The molecule has 0 radical (unpaired) electrons. The SMILES string of the molecule is Cc1ccc2c(c1)NCC1(CCC1)CN2C. The lowest BCUT2D eigenvalue weighted by Gasteiger charge is -2.43. The monoisotopic (exact) mass is 216 g/mol. The molecule has 3 rings (SSSR count). The second-order valence-corrected chi connectivity index (χ2v) is 5.58. The van der Waals surface area contributed by atoms with Crippen molar-refractivity contribution in [2.45, 2.75) is 26.2 Å². The average molecular weight is 216 g/mol. The second kappa shape index (κ2) is 3.41. The second-order valence-electron chi connectivity index (χ2n) is 5.58. The van der Waals surface area contributed by atoms with E-state index >= 15 is 0 Å². The van der Waals surface area contributed by atoms with Crippen molar-refractivity contribution in [2.24, 2.45) is 5.41 Å². The van der Waals surface area contributed by atoms with Crippen molar-refractivity contribution < 1.29 is 0 Å². The molecule has 2 nitrogen and oxygen atoms in total. The standard InChI is InChI=1S/C14H20N2/c1-11-4-5-13-12(8-11)15-9-14(6-3-7-14)10-16(13)2/h4-5,8,15H,3,6-7,9-10H2,1-2H3. The average Bonchev–Trinajstić information content (AvgIpc) is 2.35. The van der Waals surface area contributed by atoms with Gasteiger partial charge < -0.3 is 10.2 Å². The first-order chi connectivity index (χ1) is 7.69. The maximum Gasteiger partial charge on any atom is 0.0599 e. The van der Waals surface area contributed by atoms with Gasteiger partial charge in [0, 0.05) is 25.6 Å². The Morgan fingerprint density at radius 2 is 2.12 bits per heavy atom. The Morgan fingerprint density at radius 1 is 1.31 bits per heavy atom. The van der Waals surface area contributed by atoms with E-state index in [1.807, 2.05) is 0 Å². The summed E-state index contributed by atoms with van der Waals surface area (Å²) in [6.07, 6.45) is 4.18. The van der Waals surface area contributed by atoms with Crippen LogP contribution >= 0.6 is 0 Å². The highest BCUT2D eigenvalue weighted by molar-refractivity contribution is 5.71. The fraction of sp³-hybridized carbons (Fsp3) is 0.571. The molecule has 2 heteroatoms. The predicted molar refractivity (Wildman–Crippen MR) is 69.2 cm³/mol. The molecule has 1 aliphatic heterocycles. The third-order valence-electron chi connectivity index (χ3n) is 4.20. The van der Waals surface area contributed by atoms with Gasteiger partial charge in [0.1, 0.15) is 0 Å². The van der Waals surface area contributed by atoms with E-state index in [2.05, 4.69) is 42.4 Å². The van der Waals surface area contributed by atoms with Crippen molar-refractivity contribution in [2.75, 3.05) is 30.4 Å². The number of aryl methyl sites for hydroxylation is 1. The van der Waals surface area contributed by atoms with E-state index in [0.717, 1.165) is 6.54 Å². The van der Waals surface area contributed by atoms with Gasteiger partial charge in [-0.05, 0) is 37.5 Å². The largest absolute Gasteiger partial charge is 0.383 e. The smallest absolute Gasteiger partial charge is 0.0599 e. The third kappa shape index (κ3) is 1.48. The molecule has 0 bridgehead atoms. The molecule has 1 saturated carbocycles. The summed E-state index contributed by atoms with van der Waals surface area (Å²) in [4.78, 5) is 2.42. The summed E-state index contributed by atoms with van der Waals surface area (Å²) in [5.41, 5.74) is 4.55. The molecule has 1 aliphatic carbocycles. The van der Waals surface area contributed by atoms with Crippen LogP contribution in [0.5, 0.6) is 0 Å². The van der Waals surface area contributed by atoms with E-state index < -0.39 is 0 Å². The molecule has 16 heavy (non-hydrogen) atoms. The molecular weight excluding hydrogens is 196 g/mol. The normalized spacial score (nSPS) is 22.0. The van der Waals surface area contributed by atoms with Crippen molar-refractivity contribution in [3.63, 3.8) is 0 Å². The van der Waals surface area contributed by atoms with Crippen LogP contribution in [0.1, 0.15) is 24.8 Å². The van der Waals surface area contributed by atoms with Gasteiger partial charge in [0.05, 0.1) is 11.4 Å². The van der Waals surface area contributed by atoms with Crippen LogP contribution in [0.2, 0.25) is 0 Å². The fourth-order valence-corrected chi connectivity index (χ4v) is 3.06. The minimum Gasteiger partial charge on any atom is -0.383 e. The topological polar surface area (TPSA) is 15.3 Å². The first-order valence-electron chi connectivity index (χ1n) is 6.24. The van der Waals surface area contributed by atoms with Crippen LogP contribution in [-0.4, -0.2) is 20.1 Å². The van der Waals surface area contributed by atoms with Gasteiger partial charge in [-0.25, -0.2) is 0 Å². The molecule has 0 saturated heterocycles. The highest BCUT2D eigenvalue weighted by atomic mass is 15.2. The van der Waals surface area contributed by atoms with Gasteiger partial charge in [-0.2, -0.15) is 0 Å². The van der Waals surface area contributed by atoms with Crippen LogP contribution in [-0.2, 0) is 0 Å². The molecule has 0 amide bonds. The summed E-state index contributed by atoms with van der Waals surface area (Å²) in [6.45, 7) is 4.51. The summed E-state index contributed by atoms with van der Waals surface area (Å²) >= 11 is 0. The Bertz CT molecular complexity index is 407. The van der Waals surface area contributed by atoms with E-state index in [-0.39, 0.29) is 0 Å². The van der Waals surface area contributed by atoms with Gasteiger partial charge in [-0.1, -0.05) is 12.5 Å². The lowest BCUT2D eigenvalue weighted by Crippen LogP contribution is -2.43. The number of hydrogen-bond acceptors (Lipinski definition) is 2. The Kier molecular flexibility index (Phi) is 2.13. The van der Waals surface area contributed by atoms with Crippen LogP contribution < -0.4 is 10.2 Å². The third-order valence-corrected chi connectivity index (χ3v) is 4.20. The summed E-state index contributed by atoms with van der Waals surface area (Å²) in [6, 6.07) is 6.72. The van der Waals surface area contributed by atoms with E-state index in [1.165, 1.54) is 42.7 Å². The van der Waals surface area contributed by atoms with E-state index in [9.17, 15) is 0 Å². The van der Waals surface area contributed by atoms with Crippen LogP contribution in [0, 0.1) is 12.3 Å². The molecule has 1 N–H and O–H groups in total. The number of hydrogen-bond donors (Lipinski definition) is 1. The molecule has 1 aromatic rings. The Hall–Kier alpha value is -1.18. The zero-order valence-corrected chi connectivity index (χ0v) is 10.2. The lowest BCUT2D eigenvalue weighted by molar-refractivity contribution is 0.162. The summed E-state index contributed by atoms with van der Waals surface area (Å²) in [5, 5.41) is 3.65. The molecular formula is C14H20N2. The van der Waals surface area contributed by atoms with E-state index in [0.29, 0.717) is 5.41 Å². The van der Waals surface area contributed by atoms with Crippen molar-refractivity contribution in [1.82, 2.24) is 0 Å². The van der Waals surface area contributed by atoms with Gasteiger partial charge in [-0.3, -0.25) is 0 Å². The fourth-order valence-electron chi connectivity index (χ4n) is 3.06. The minimum atomic E-state index is 0.543. The number of fused-ring (bicyclic) bond motifs is 1. The van der Waals surface area contributed by atoms with Gasteiger partial charge >= 0.3 is 0 Å². The molecule has 1 aromatic carbocycles. The van der Waals surface area contributed by atoms with E-state index in [1.54, 1.807) is 0 Å². The van der Waals surface area contributed by atoms with Crippen molar-refractivity contribution in [1.29, 1.82) is 0 Å².